The molecule has 2 rings (SSSR count). The van der Waals surface area contributed by atoms with Crippen LogP contribution in [0.5, 0.6) is 0 Å². The summed E-state index contributed by atoms with van der Waals surface area (Å²) in [6.45, 7) is 1.97. The fourth-order valence-corrected chi connectivity index (χ4v) is 2.12. The predicted molar refractivity (Wildman–Crippen MR) is 80.2 cm³/mol. The Balaban J connectivity index is 2.18. The minimum Gasteiger partial charge on any atom is -0.456 e. The number of carbonyl (C=O) groups excluding carboxylic acids is 1. The van der Waals surface area contributed by atoms with Gasteiger partial charge in [-0.05, 0) is 52.9 Å². The number of aryl methyl sites for hydroxylation is 1. The van der Waals surface area contributed by atoms with E-state index < -0.39 is 0 Å². The molecule has 0 radical (unpaired) electrons. The lowest BCUT2D eigenvalue weighted by molar-refractivity contribution is 0.0995. The second-order valence-corrected chi connectivity index (χ2v) is 5.35. The summed E-state index contributed by atoms with van der Waals surface area (Å²) < 4.78 is 6.38. The molecule has 0 saturated carbocycles. The molecular weight excluding hydrogens is 365 g/mol. The Hall–Kier alpha value is -1.01. The van der Waals surface area contributed by atoms with E-state index in [2.05, 4.69) is 27.9 Å². The summed E-state index contributed by atoms with van der Waals surface area (Å²) >= 11 is 8.17. The van der Waals surface area contributed by atoms with Gasteiger partial charge < -0.3 is 9.73 Å². The van der Waals surface area contributed by atoms with Gasteiger partial charge in [-0.15, -0.1) is 0 Å². The number of anilines is 1. The Kier molecular flexibility index (Phi) is 4.29. The van der Waals surface area contributed by atoms with E-state index >= 15 is 0 Å². The summed E-state index contributed by atoms with van der Waals surface area (Å²) in [6.07, 6.45) is 0.761. The van der Waals surface area contributed by atoms with E-state index in [0.29, 0.717) is 16.5 Å². The van der Waals surface area contributed by atoms with Crippen molar-refractivity contribution >= 4 is 45.8 Å². The molecule has 2 aromatic rings. The molecule has 1 heterocycles. The average molecular weight is 376 g/mol. The van der Waals surface area contributed by atoms with Gasteiger partial charge >= 0.3 is 0 Å². The molecule has 0 bridgehead atoms. The minimum atomic E-state index is -0.293. The van der Waals surface area contributed by atoms with Gasteiger partial charge in [-0.25, -0.2) is 0 Å². The van der Waals surface area contributed by atoms with Crippen molar-refractivity contribution in [1.29, 1.82) is 0 Å². The van der Waals surface area contributed by atoms with Gasteiger partial charge in [-0.1, -0.05) is 18.5 Å². The summed E-state index contributed by atoms with van der Waals surface area (Å²) in [5.74, 6) is 0.786. The van der Waals surface area contributed by atoms with E-state index in [9.17, 15) is 4.79 Å². The first kappa shape index (κ1) is 13.4. The molecule has 1 amide bonds. The van der Waals surface area contributed by atoms with E-state index in [1.54, 1.807) is 18.2 Å². The smallest absolute Gasteiger partial charge is 0.291 e. The lowest BCUT2D eigenvalue weighted by Gasteiger charge is -2.06. The number of amides is 1. The first-order valence-corrected chi connectivity index (χ1v) is 6.91. The molecule has 0 spiro atoms. The summed E-state index contributed by atoms with van der Waals surface area (Å²) in [4.78, 5) is 11.9. The molecule has 1 aromatic heterocycles. The van der Waals surface area contributed by atoms with E-state index in [-0.39, 0.29) is 5.91 Å². The molecule has 0 unspecified atom stereocenters. The molecule has 1 N–H and O–H groups in total. The first-order chi connectivity index (χ1) is 8.60. The molecule has 0 atom stereocenters. The lowest BCUT2D eigenvalue weighted by atomic mass is 10.3. The van der Waals surface area contributed by atoms with Crippen LogP contribution in [-0.2, 0) is 6.42 Å². The third kappa shape index (κ3) is 3.05. The van der Waals surface area contributed by atoms with Crippen molar-refractivity contribution < 1.29 is 9.21 Å². The number of rotatable bonds is 3. The maximum atomic E-state index is 11.9. The number of hydrogen-bond acceptors (Lipinski definition) is 2. The van der Waals surface area contributed by atoms with Crippen molar-refractivity contribution in [2.24, 2.45) is 0 Å². The number of halogens is 2. The molecule has 0 aliphatic rings. The van der Waals surface area contributed by atoms with Crippen molar-refractivity contribution in [1.82, 2.24) is 0 Å². The Bertz CT molecular complexity index is 580. The Morgan fingerprint density at radius 1 is 1.39 bits per heavy atom. The third-order valence-corrected chi connectivity index (χ3v) is 3.41. The second-order valence-electron chi connectivity index (χ2n) is 3.70. The zero-order chi connectivity index (χ0) is 13.1. The zero-order valence-electron chi connectivity index (χ0n) is 9.67. The first-order valence-electron chi connectivity index (χ1n) is 5.45. The lowest BCUT2D eigenvalue weighted by Crippen LogP contribution is -2.11. The van der Waals surface area contributed by atoms with Gasteiger partial charge in [0, 0.05) is 9.99 Å². The van der Waals surface area contributed by atoms with Gasteiger partial charge in [0.1, 0.15) is 5.76 Å². The van der Waals surface area contributed by atoms with Crippen LogP contribution in [0, 0.1) is 3.57 Å². The molecular formula is C13H11ClINO2. The molecule has 5 heteroatoms. The van der Waals surface area contributed by atoms with E-state index in [4.69, 9.17) is 16.0 Å². The van der Waals surface area contributed by atoms with Gasteiger partial charge in [0.05, 0.1) is 10.7 Å². The van der Waals surface area contributed by atoms with Gasteiger partial charge in [0.25, 0.3) is 5.91 Å². The summed E-state index contributed by atoms with van der Waals surface area (Å²) in [6, 6.07) is 8.89. The third-order valence-electron chi connectivity index (χ3n) is 2.41. The number of benzene rings is 1. The largest absolute Gasteiger partial charge is 0.456 e. The van der Waals surface area contributed by atoms with Crippen LogP contribution >= 0.6 is 34.2 Å². The summed E-state index contributed by atoms with van der Waals surface area (Å²) in [5, 5.41) is 3.24. The standard InChI is InChI=1S/C13H11ClINO2/c1-2-9-4-6-12(18-9)13(17)16-11-7-8(15)3-5-10(11)14/h3-7H,2H2,1H3,(H,16,17). The predicted octanol–water partition coefficient (Wildman–Crippen LogP) is 4.35. The zero-order valence-corrected chi connectivity index (χ0v) is 12.6. The maximum Gasteiger partial charge on any atom is 0.291 e. The van der Waals surface area contributed by atoms with E-state index in [1.165, 1.54) is 0 Å². The average Bonchev–Trinajstić information content (AvgIpc) is 2.82. The fourth-order valence-electron chi connectivity index (χ4n) is 1.47. The van der Waals surface area contributed by atoms with Crippen molar-refractivity contribution in [3.63, 3.8) is 0 Å². The molecule has 0 saturated heterocycles. The van der Waals surface area contributed by atoms with Crippen LogP contribution in [0.15, 0.2) is 34.7 Å². The highest BCUT2D eigenvalue weighted by molar-refractivity contribution is 14.1. The molecule has 3 nitrogen and oxygen atoms in total. The summed E-state index contributed by atoms with van der Waals surface area (Å²) in [5.41, 5.74) is 0.586. The fraction of sp³-hybridized carbons (Fsp3) is 0.154. The molecule has 18 heavy (non-hydrogen) atoms. The van der Waals surface area contributed by atoms with Crippen LogP contribution in [0.1, 0.15) is 23.2 Å². The molecule has 1 aromatic carbocycles. The maximum absolute atomic E-state index is 11.9. The van der Waals surface area contributed by atoms with Gasteiger partial charge in [0.2, 0.25) is 0 Å². The highest BCUT2D eigenvalue weighted by atomic mass is 127. The highest BCUT2D eigenvalue weighted by Crippen LogP contribution is 2.24. The number of furan rings is 1. The molecule has 0 fully saturated rings. The number of nitrogens with one attached hydrogen (secondary N) is 1. The van der Waals surface area contributed by atoms with Crippen LogP contribution in [0.3, 0.4) is 0 Å². The highest BCUT2D eigenvalue weighted by Gasteiger charge is 2.12. The van der Waals surface area contributed by atoms with Crippen molar-refractivity contribution in [2.75, 3.05) is 5.32 Å². The Morgan fingerprint density at radius 3 is 2.83 bits per heavy atom. The van der Waals surface area contributed by atoms with Gasteiger partial charge in [-0.3, -0.25) is 4.79 Å². The van der Waals surface area contributed by atoms with Crippen LogP contribution in [0.4, 0.5) is 5.69 Å². The quantitative estimate of drug-likeness (QED) is 0.810. The topological polar surface area (TPSA) is 42.2 Å². The molecule has 0 aliphatic heterocycles. The number of carbonyl (C=O) groups is 1. The van der Waals surface area contributed by atoms with Gasteiger partial charge in [-0.2, -0.15) is 0 Å². The van der Waals surface area contributed by atoms with Crippen molar-refractivity contribution in [3.8, 4) is 0 Å². The molecule has 0 aliphatic carbocycles. The monoisotopic (exact) mass is 375 g/mol. The Labute approximate surface area is 124 Å². The Morgan fingerprint density at radius 2 is 2.17 bits per heavy atom. The van der Waals surface area contributed by atoms with Crippen molar-refractivity contribution in [3.05, 3.63) is 50.4 Å². The number of hydrogen-bond donors (Lipinski definition) is 1. The SMILES string of the molecule is CCc1ccc(C(=O)Nc2cc(I)ccc2Cl)o1. The van der Waals surface area contributed by atoms with Crippen LogP contribution in [-0.4, -0.2) is 5.91 Å². The van der Waals surface area contributed by atoms with Gasteiger partial charge in [0.15, 0.2) is 5.76 Å². The van der Waals surface area contributed by atoms with Crippen LogP contribution < -0.4 is 5.32 Å². The normalized spacial score (nSPS) is 10.4. The summed E-state index contributed by atoms with van der Waals surface area (Å²) in [7, 11) is 0. The second kappa shape index (κ2) is 5.75. The van der Waals surface area contributed by atoms with Crippen LogP contribution in [0.2, 0.25) is 5.02 Å². The van der Waals surface area contributed by atoms with Crippen LogP contribution in [0.25, 0.3) is 0 Å². The van der Waals surface area contributed by atoms with E-state index in [1.807, 2.05) is 19.1 Å². The minimum absolute atomic E-state index is 0.293. The molecule has 94 valence electrons. The van der Waals surface area contributed by atoms with E-state index in [0.717, 1.165) is 15.8 Å². The van der Waals surface area contributed by atoms with Crippen molar-refractivity contribution in [2.45, 2.75) is 13.3 Å².